The molecule has 3 rings (SSSR count). The molecule has 1 saturated heterocycles. The van der Waals surface area contributed by atoms with Gasteiger partial charge in [0.1, 0.15) is 5.75 Å². The van der Waals surface area contributed by atoms with Crippen molar-refractivity contribution in [3.8, 4) is 5.75 Å². The molecule has 8 heteroatoms. The minimum absolute atomic E-state index is 0.00575. The number of amides is 3. The molecule has 1 aliphatic rings. The van der Waals surface area contributed by atoms with Crippen molar-refractivity contribution < 1.29 is 19.1 Å². The van der Waals surface area contributed by atoms with Crippen LogP contribution in [0.25, 0.3) is 10.8 Å². The highest BCUT2D eigenvalue weighted by atomic mass is 16.5. The Morgan fingerprint density at radius 2 is 1.50 bits per heavy atom. The molecule has 30 heavy (non-hydrogen) atoms. The van der Waals surface area contributed by atoms with Crippen molar-refractivity contribution in [2.24, 2.45) is 5.84 Å². The molecule has 0 spiro atoms. The van der Waals surface area contributed by atoms with Crippen LogP contribution in [0.15, 0.2) is 42.5 Å². The van der Waals surface area contributed by atoms with Crippen LogP contribution in [-0.4, -0.2) is 60.3 Å². The van der Waals surface area contributed by atoms with E-state index in [1.165, 1.54) is 0 Å². The number of hydrogen-bond donors (Lipinski definition) is 2. The highest BCUT2D eigenvalue weighted by Gasteiger charge is 2.23. The molecule has 0 radical (unpaired) electrons. The molecule has 3 amide bonds. The molecule has 0 aromatic heterocycles. The summed E-state index contributed by atoms with van der Waals surface area (Å²) in [5.41, 5.74) is 2.05. The molecule has 0 aliphatic carbocycles. The summed E-state index contributed by atoms with van der Waals surface area (Å²) in [6, 6.07) is 13.9. The number of fused-ring (bicyclic) bond motifs is 1. The second-order valence-electron chi connectivity index (χ2n) is 7.26. The summed E-state index contributed by atoms with van der Waals surface area (Å²) in [5, 5.41) is 2.13. The van der Waals surface area contributed by atoms with Gasteiger partial charge in [-0.05, 0) is 17.9 Å². The Kier molecular flexibility index (Phi) is 7.62. The third-order valence-electron chi connectivity index (χ3n) is 5.26. The zero-order valence-corrected chi connectivity index (χ0v) is 17.0. The van der Waals surface area contributed by atoms with Crippen LogP contribution in [0.1, 0.15) is 25.7 Å². The van der Waals surface area contributed by atoms with E-state index in [0.29, 0.717) is 52.0 Å². The molecule has 1 aliphatic heterocycles. The van der Waals surface area contributed by atoms with E-state index in [-0.39, 0.29) is 24.1 Å². The maximum absolute atomic E-state index is 12.5. The molecule has 3 N–H and O–H groups in total. The van der Waals surface area contributed by atoms with Gasteiger partial charge in [-0.2, -0.15) is 0 Å². The zero-order valence-electron chi connectivity index (χ0n) is 17.0. The lowest BCUT2D eigenvalue weighted by Gasteiger charge is -2.35. The average Bonchev–Trinajstić information content (AvgIpc) is 2.79. The molecule has 0 bridgehead atoms. The highest BCUT2D eigenvalue weighted by molar-refractivity contribution is 5.88. The van der Waals surface area contributed by atoms with Gasteiger partial charge in [0, 0.05) is 44.4 Å². The fraction of sp³-hybridized carbons (Fsp3) is 0.409. The summed E-state index contributed by atoms with van der Waals surface area (Å²) in [5.74, 6) is 5.56. The summed E-state index contributed by atoms with van der Waals surface area (Å²) >= 11 is 0. The van der Waals surface area contributed by atoms with Crippen molar-refractivity contribution >= 4 is 28.5 Å². The van der Waals surface area contributed by atoms with Crippen LogP contribution in [0.2, 0.25) is 0 Å². The predicted octanol–water partition coefficient (Wildman–Crippen LogP) is 1.44. The Balaban J connectivity index is 1.39. The lowest BCUT2D eigenvalue weighted by Crippen LogP contribution is -2.50. The molecular formula is C22H28N4O4. The normalized spacial score (nSPS) is 13.9. The number of nitrogens with two attached hydrogens (primary N) is 1. The van der Waals surface area contributed by atoms with Gasteiger partial charge in [-0.1, -0.05) is 36.4 Å². The number of hydrazine groups is 1. The van der Waals surface area contributed by atoms with E-state index in [9.17, 15) is 14.4 Å². The van der Waals surface area contributed by atoms with Crippen LogP contribution in [0.3, 0.4) is 0 Å². The molecule has 1 heterocycles. The maximum atomic E-state index is 12.5. The minimum atomic E-state index is -0.274. The lowest BCUT2D eigenvalue weighted by molar-refractivity contribution is -0.140. The van der Waals surface area contributed by atoms with Crippen LogP contribution in [-0.2, 0) is 14.4 Å². The van der Waals surface area contributed by atoms with Crippen molar-refractivity contribution in [2.75, 3.05) is 32.8 Å². The van der Waals surface area contributed by atoms with Crippen LogP contribution in [0, 0.1) is 0 Å². The number of carbonyl (C=O) groups excluding carboxylic acids is 3. The summed E-state index contributed by atoms with van der Waals surface area (Å²) in [4.78, 5) is 39.4. The van der Waals surface area contributed by atoms with E-state index in [4.69, 9.17) is 10.6 Å². The van der Waals surface area contributed by atoms with Crippen LogP contribution < -0.4 is 16.0 Å². The van der Waals surface area contributed by atoms with Gasteiger partial charge in [-0.25, -0.2) is 5.84 Å². The van der Waals surface area contributed by atoms with Crippen LogP contribution in [0.5, 0.6) is 5.75 Å². The second kappa shape index (κ2) is 10.6. The first kappa shape index (κ1) is 21.6. The Bertz CT molecular complexity index is 888. The SMILES string of the molecule is NNC(=O)CCCC(=O)N1CCN(C(=O)CCOc2cccc3ccccc23)CC1. The summed E-state index contributed by atoms with van der Waals surface area (Å²) < 4.78 is 5.86. The molecule has 2 aromatic carbocycles. The molecule has 160 valence electrons. The van der Waals surface area contributed by atoms with E-state index < -0.39 is 0 Å². The third kappa shape index (κ3) is 5.70. The van der Waals surface area contributed by atoms with Gasteiger partial charge >= 0.3 is 0 Å². The number of carbonyl (C=O) groups is 3. The number of nitrogens with zero attached hydrogens (tertiary/aromatic N) is 2. The average molecular weight is 412 g/mol. The van der Waals surface area contributed by atoms with Gasteiger partial charge in [0.15, 0.2) is 0 Å². The van der Waals surface area contributed by atoms with Gasteiger partial charge in [0.05, 0.1) is 13.0 Å². The fourth-order valence-corrected chi connectivity index (χ4v) is 3.56. The largest absolute Gasteiger partial charge is 0.492 e. The van der Waals surface area contributed by atoms with Crippen molar-refractivity contribution in [1.29, 1.82) is 0 Å². The number of rotatable bonds is 8. The quantitative estimate of drug-likeness (QED) is 0.388. The molecule has 1 fully saturated rings. The van der Waals surface area contributed by atoms with Gasteiger partial charge in [0.2, 0.25) is 17.7 Å². The van der Waals surface area contributed by atoms with Crippen molar-refractivity contribution in [3.63, 3.8) is 0 Å². The van der Waals surface area contributed by atoms with Gasteiger partial charge in [-0.15, -0.1) is 0 Å². The molecular weight excluding hydrogens is 384 g/mol. The third-order valence-corrected chi connectivity index (χ3v) is 5.26. The van der Waals surface area contributed by atoms with Gasteiger partial charge < -0.3 is 14.5 Å². The second-order valence-corrected chi connectivity index (χ2v) is 7.26. The standard InChI is InChI=1S/C22H28N4O4/c23-24-20(27)9-4-10-21(28)25-12-14-26(15-13-25)22(29)11-16-30-19-8-3-6-17-5-1-2-7-18(17)19/h1-3,5-8H,4,9-16,23H2,(H,24,27). The van der Waals surface area contributed by atoms with Crippen LogP contribution in [0.4, 0.5) is 0 Å². The van der Waals surface area contributed by atoms with E-state index in [1.807, 2.05) is 42.5 Å². The molecule has 0 saturated carbocycles. The first-order valence-corrected chi connectivity index (χ1v) is 10.2. The van der Waals surface area contributed by atoms with Crippen molar-refractivity contribution in [1.82, 2.24) is 15.2 Å². The smallest absolute Gasteiger partial charge is 0.233 e. The number of benzene rings is 2. The summed E-state index contributed by atoms with van der Waals surface area (Å²) in [6.07, 6.45) is 1.30. The predicted molar refractivity (Wildman–Crippen MR) is 113 cm³/mol. The topological polar surface area (TPSA) is 105 Å². The van der Waals surface area contributed by atoms with Gasteiger partial charge in [-0.3, -0.25) is 19.8 Å². The highest BCUT2D eigenvalue weighted by Crippen LogP contribution is 2.25. The lowest BCUT2D eigenvalue weighted by atomic mass is 10.1. The van der Waals surface area contributed by atoms with E-state index in [2.05, 4.69) is 5.43 Å². The van der Waals surface area contributed by atoms with E-state index in [1.54, 1.807) is 9.80 Å². The minimum Gasteiger partial charge on any atom is -0.492 e. The molecule has 0 unspecified atom stereocenters. The fourth-order valence-electron chi connectivity index (χ4n) is 3.56. The van der Waals surface area contributed by atoms with E-state index in [0.717, 1.165) is 16.5 Å². The maximum Gasteiger partial charge on any atom is 0.233 e. The first-order valence-electron chi connectivity index (χ1n) is 10.2. The monoisotopic (exact) mass is 412 g/mol. The summed E-state index contributed by atoms with van der Waals surface area (Å²) in [6.45, 7) is 2.37. The molecule has 8 nitrogen and oxygen atoms in total. The summed E-state index contributed by atoms with van der Waals surface area (Å²) in [7, 11) is 0. The number of hydrogen-bond acceptors (Lipinski definition) is 5. The number of ether oxygens (including phenoxy) is 1. The van der Waals surface area contributed by atoms with Gasteiger partial charge in [0.25, 0.3) is 0 Å². The Morgan fingerprint density at radius 1 is 0.867 bits per heavy atom. The molecule has 0 atom stereocenters. The Morgan fingerprint density at radius 3 is 2.20 bits per heavy atom. The Hall–Kier alpha value is -3.13. The zero-order chi connectivity index (χ0) is 21.3. The van der Waals surface area contributed by atoms with E-state index >= 15 is 0 Å². The van der Waals surface area contributed by atoms with Crippen LogP contribution >= 0.6 is 0 Å². The Labute approximate surface area is 175 Å². The van der Waals surface area contributed by atoms with Crippen molar-refractivity contribution in [3.05, 3.63) is 42.5 Å². The molecule has 2 aromatic rings. The number of piperazine rings is 1. The number of nitrogens with one attached hydrogen (secondary N) is 1. The first-order chi connectivity index (χ1) is 14.6. The van der Waals surface area contributed by atoms with Crippen molar-refractivity contribution in [2.45, 2.75) is 25.7 Å².